The fourth-order valence-corrected chi connectivity index (χ4v) is 8.24. The van der Waals surface area contributed by atoms with E-state index in [-0.39, 0.29) is 10.8 Å². The van der Waals surface area contributed by atoms with Crippen molar-refractivity contribution in [2.45, 2.75) is 38.5 Å². The number of rotatable bonds is 3. The van der Waals surface area contributed by atoms with E-state index in [4.69, 9.17) is 0 Å². The molecule has 0 amide bonds. The Hall–Kier alpha value is -5.14. The third kappa shape index (κ3) is 3.68. The fraction of sp³-hybridized carbons (Fsp3) is 0.136. The van der Waals surface area contributed by atoms with Gasteiger partial charge >= 0.3 is 0 Å². The zero-order chi connectivity index (χ0) is 30.5. The summed E-state index contributed by atoms with van der Waals surface area (Å²) in [5.74, 6) is 0. The lowest BCUT2D eigenvalue weighted by Crippen LogP contribution is -2.16. The molecule has 0 bridgehead atoms. The minimum Gasteiger partial charge on any atom is -0.310 e. The van der Waals surface area contributed by atoms with Crippen LogP contribution in [-0.2, 0) is 10.8 Å². The third-order valence-corrected chi connectivity index (χ3v) is 10.6. The maximum atomic E-state index is 2.48. The van der Waals surface area contributed by atoms with Crippen LogP contribution in [0.2, 0.25) is 0 Å². The Kier molecular flexibility index (Phi) is 5.37. The summed E-state index contributed by atoms with van der Waals surface area (Å²) < 4.78 is 0. The van der Waals surface area contributed by atoms with E-state index in [0.29, 0.717) is 0 Å². The molecule has 0 N–H and O–H groups in total. The Labute approximate surface area is 265 Å². The van der Waals surface area contributed by atoms with Crippen molar-refractivity contribution in [1.29, 1.82) is 0 Å². The predicted molar refractivity (Wildman–Crippen MR) is 191 cm³/mol. The predicted octanol–water partition coefficient (Wildman–Crippen LogP) is 12.1. The first-order valence-electron chi connectivity index (χ1n) is 16.0. The maximum absolute atomic E-state index is 2.48. The van der Waals surface area contributed by atoms with Crippen LogP contribution in [0, 0.1) is 0 Å². The molecule has 0 heterocycles. The zero-order valence-corrected chi connectivity index (χ0v) is 26.2. The van der Waals surface area contributed by atoms with Crippen LogP contribution in [0.4, 0.5) is 17.1 Å². The van der Waals surface area contributed by atoms with E-state index in [1.807, 2.05) is 0 Å². The topological polar surface area (TPSA) is 3.24 Å². The third-order valence-electron chi connectivity index (χ3n) is 10.6. The standard InChI is InChI=1S/C44H35N/c1-43(2)38-18-10-9-17-34(38)36-26-31(20-22-39(36)43)45(42-19-11-15-28-12-7-8-16-33(28)42)32-21-23-40-37(27-32)35-24-29-13-5-6-14-30(29)25-41(35)44(40,3)4/h5-27H,1-4H3. The number of hydrogen-bond donors (Lipinski definition) is 0. The summed E-state index contributed by atoms with van der Waals surface area (Å²) in [4.78, 5) is 2.48. The molecule has 0 aromatic heterocycles. The summed E-state index contributed by atoms with van der Waals surface area (Å²) in [7, 11) is 0. The van der Waals surface area contributed by atoms with Gasteiger partial charge in [-0.25, -0.2) is 0 Å². The minimum absolute atomic E-state index is 0.0274. The van der Waals surface area contributed by atoms with Gasteiger partial charge in [0.1, 0.15) is 0 Å². The van der Waals surface area contributed by atoms with Gasteiger partial charge in [0.2, 0.25) is 0 Å². The first kappa shape index (κ1) is 26.3. The van der Waals surface area contributed by atoms with Gasteiger partial charge in [-0.1, -0.05) is 125 Å². The minimum atomic E-state index is -0.0691. The molecule has 216 valence electrons. The molecule has 7 aromatic rings. The van der Waals surface area contributed by atoms with E-state index in [2.05, 4.69) is 172 Å². The highest BCUT2D eigenvalue weighted by molar-refractivity contribution is 6.01. The van der Waals surface area contributed by atoms with Crippen LogP contribution in [0.25, 0.3) is 43.8 Å². The van der Waals surface area contributed by atoms with Gasteiger partial charge in [0.05, 0.1) is 5.69 Å². The van der Waals surface area contributed by atoms with Crippen LogP contribution in [-0.4, -0.2) is 0 Å². The zero-order valence-electron chi connectivity index (χ0n) is 26.2. The highest BCUT2D eigenvalue weighted by atomic mass is 15.1. The second-order valence-electron chi connectivity index (χ2n) is 13.8. The van der Waals surface area contributed by atoms with Gasteiger partial charge in [-0.15, -0.1) is 0 Å². The summed E-state index contributed by atoms with van der Waals surface area (Å²) >= 11 is 0. The second-order valence-corrected chi connectivity index (χ2v) is 13.8. The molecule has 0 saturated heterocycles. The Morgan fingerprint density at radius 1 is 0.378 bits per heavy atom. The summed E-state index contributed by atoms with van der Waals surface area (Å²) in [5.41, 5.74) is 14.4. The lowest BCUT2D eigenvalue weighted by molar-refractivity contribution is 0.660. The summed E-state index contributed by atoms with van der Waals surface area (Å²) in [6.45, 7) is 9.44. The first-order valence-corrected chi connectivity index (χ1v) is 16.0. The van der Waals surface area contributed by atoms with Crippen molar-refractivity contribution in [2.75, 3.05) is 4.90 Å². The number of hydrogen-bond acceptors (Lipinski definition) is 1. The number of nitrogens with zero attached hydrogens (tertiary/aromatic N) is 1. The normalized spacial score (nSPS) is 15.0. The molecule has 0 saturated carbocycles. The SMILES string of the molecule is CC1(C)c2ccccc2-c2cc(N(c3ccc4c(c3)-c3cc5ccccc5cc3C4(C)C)c3cccc4ccccc34)ccc21. The molecular formula is C44H35N. The molecule has 0 radical (unpaired) electrons. The fourth-order valence-electron chi connectivity index (χ4n) is 8.24. The van der Waals surface area contributed by atoms with Gasteiger partial charge in [0, 0.05) is 27.6 Å². The average molecular weight is 578 g/mol. The maximum Gasteiger partial charge on any atom is 0.0540 e. The van der Waals surface area contributed by atoms with Crippen molar-refractivity contribution in [3.63, 3.8) is 0 Å². The summed E-state index contributed by atoms with van der Waals surface area (Å²) in [5, 5.41) is 5.08. The first-order chi connectivity index (χ1) is 21.8. The highest BCUT2D eigenvalue weighted by Gasteiger charge is 2.37. The summed E-state index contributed by atoms with van der Waals surface area (Å²) in [6.07, 6.45) is 0. The molecule has 1 nitrogen and oxygen atoms in total. The Bertz CT molecular complexity index is 2330. The molecule has 45 heavy (non-hydrogen) atoms. The van der Waals surface area contributed by atoms with Gasteiger partial charge < -0.3 is 4.90 Å². The van der Waals surface area contributed by atoms with Crippen LogP contribution in [0.15, 0.2) is 140 Å². The van der Waals surface area contributed by atoms with Crippen molar-refractivity contribution >= 4 is 38.6 Å². The molecule has 0 unspecified atom stereocenters. The van der Waals surface area contributed by atoms with Crippen molar-refractivity contribution in [3.05, 3.63) is 162 Å². The lowest BCUT2D eigenvalue weighted by Gasteiger charge is -2.29. The Morgan fingerprint density at radius 3 is 1.62 bits per heavy atom. The Morgan fingerprint density at radius 2 is 0.889 bits per heavy atom. The molecule has 9 rings (SSSR count). The molecular weight excluding hydrogens is 542 g/mol. The molecule has 2 aliphatic carbocycles. The van der Waals surface area contributed by atoms with Gasteiger partial charge in [-0.3, -0.25) is 0 Å². The molecule has 0 atom stereocenters. The van der Waals surface area contributed by atoms with E-state index in [9.17, 15) is 0 Å². The number of fused-ring (bicyclic) bond motifs is 8. The number of anilines is 3. The van der Waals surface area contributed by atoms with Crippen LogP contribution in [0.3, 0.4) is 0 Å². The van der Waals surface area contributed by atoms with Crippen LogP contribution in [0.5, 0.6) is 0 Å². The van der Waals surface area contributed by atoms with Gasteiger partial charge in [-0.2, -0.15) is 0 Å². The van der Waals surface area contributed by atoms with Crippen LogP contribution < -0.4 is 4.90 Å². The van der Waals surface area contributed by atoms with E-state index in [1.165, 1.54) is 83.1 Å². The van der Waals surface area contributed by atoms with Crippen LogP contribution >= 0.6 is 0 Å². The van der Waals surface area contributed by atoms with Crippen molar-refractivity contribution in [1.82, 2.24) is 0 Å². The lowest BCUT2D eigenvalue weighted by atomic mass is 9.82. The molecule has 0 spiro atoms. The quantitative estimate of drug-likeness (QED) is 0.202. The van der Waals surface area contributed by atoms with E-state index < -0.39 is 0 Å². The molecule has 1 heteroatoms. The summed E-state index contributed by atoms with van der Waals surface area (Å²) in [6, 6.07) is 52.1. The van der Waals surface area contributed by atoms with Gasteiger partial charge in [0.25, 0.3) is 0 Å². The van der Waals surface area contributed by atoms with Crippen molar-refractivity contribution < 1.29 is 0 Å². The largest absolute Gasteiger partial charge is 0.310 e. The smallest absolute Gasteiger partial charge is 0.0540 e. The van der Waals surface area contributed by atoms with Crippen molar-refractivity contribution in [3.8, 4) is 22.3 Å². The molecule has 0 fully saturated rings. The number of benzene rings is 7. The van der Waals surface area contributed by atoms with E-state index in [1.54, 1.807) is 0 Å². The monoisotopic (exact) mass is 577 g/mol. The van der Waals surface area contributed by atoms with E-state index in [0.717, 1.165) is 0 Å². The van der Waals surface area contributed by atoms with Gasteiger partial charge in [-0.05, 0) is 103 Å². The van der Waals surface area contributed by atoms with E-state index >= 15 is 0 Å². The second kappa shape index (κ2) is 9.19. The Balaban J connectivity index is 1.30. The van der Waals surface area contributed by atoms with Gasteiger partial charge in [0.15, 0.2) is 0 Å². The molecule has 7 aromatic carbocycles. The highest BCUT2D eigenvalue weighted by Crippen LogP contribution is 2.54. The molecule has 0 aliphatic heterocycles. The average Bonchev–Trinajstić information content (AvgIpc) is 3.43. The molecule has 2 aliphatic rings. The van der Waals surface area contributed by atoms with Crippen LogP contribution in [0.1, 0.15) is 49.9 Å². The van der Waals surface area contributed by atoms with Crippen molar-refractivity contribution in [2.24, 2.45) is 0 Å².